The van der Waals surface area contributed by atoms with Crippen LogP contribution < -0.4 is 10.6 Å². The molecule has 0 spiro atoms. The smallest absolute Gasteiger partial charge is 0.408 e. The molecule has 0 aliphatic heterocycles. The fourth-order valence-corrected chi connectivity index (χ4v) is 2.55. The van der Waals surface area contributed by atoms with E-state index in [1.807, 2.05) is 60.7 Å². The van der Waals surface area contributed by atoms with Crippen molar-refractivity contribution in [3.05, 3.63) is 84.4 Å². The number of ether oxygens (including phenoxy) is 2. The topological polar surface area (TPSA) is 93.7 Å². The zero-order valence-corrected chi connectivity index (χ0v) is 16.7. The van der Waals surface area contributed by atoms with Gasteiger partial charge in [-0.25, -0.2) is 9.59 Å². The fourth-order valence-electron chi connectivity index (χ4n) is 2.55. The number of hydrogen-bond donors (Lipinski definition) is 2. The molecule has 0 radical (unpaired) electrons. The van der Waals surface area contributed by atoms with Gasteiger partial charge in [0.1, 0.15) is 19.3 Å². The third-order valence-electron chi connectivity index (χ3n) is 4.12. The van der Waals surface area contributed by atoms with E-state index in [4.69, 9.17) is 9.47 Å². The largest absolute Gasteiger partial charge is 0.460 e. The van der Waals surface area contributed by atoms with Crippen molar-refractivity contribution in [3.63, 3.8) is 0 Å². The number of hydrogen-bond acceptors (Lipinski definition) is 5. The lowest BCUT2D eigenvalue weighted by Gasteiger charge is -2.18. The molecule has 0 aliphatic rings. The van der Waals surface area contributed by atoms with Crippen LogP contribution in [0.1, 0.15) is 17.5 Å². The van der Waals surface area contributed by atoms with Crippen LogP contribution >= 0.6 is 0 Å². The standard InChI is InChI=1S/C23H26N2O5/c1-2-15-29-22(27)20(25-23(28)30-17-19-11-7-4-8-12-19)16-24-21(26)14-13-18-9-5-3-6-10-18/h2-12,20H,1,13-17H2,(H,24,26)(H,25,28)/t20-/m0/s1. The molecule has 0 saturated carbocycles. The number of nitrogens with one attached hydrogen (secondary N) is 2. The Morgan fingerprint density at radius 3 is 2.20 bits per heavy atom. The highest BCUT2D eigenvalue weighted by molar-refractivity contribution is 5.83. The molecule has 0 heterocycles. The summed E-state index contributed by atoms with van der Waals surface area (Å²) in [5, 5.41) is 5.09. The van der Waals surface area contributed by atoms with Crippen LogP contribution in [0.3, 0.4) is 0 Å². The van der Waals surface area contributed by atoms with Crippen molar-refractivity contribution in [2.75, 3.05) is 13.2 Å². The first kappa shape index (κ1) is 22.7. The molecule has 7 heteroatoms. The Bertz CT molecular complexity index is 824. The highest BCUT2D eigenvalue weighted by atomic mass is 16.6. The number of aryl methyl sites for hydroxylation is 1. The first-order chi connectivity index (χ1) is 14.6. The second-order valence-electron chi connectivity index (χ2n) is 6.47. The summed E-state index contributed by atoms with van der Waals surface area (Å²) < 4.78 is 10.1. The third-order valence-corrected chi connectivity index (χ3v) is 4.12. The Balaban J connectivity index is 1.83. The minimum atomic E-state index is -1.08. The number of esters is 1. The maximum atomic E-state index is 12.2. The molecule has 158 valence electrons. The third kappa shape index (κ3) is 8.60. The van der Waals surface area contributed by atoms with Crippen molar-refractivity contribution in [2.45, 2.75) is 25.5 Å². The van der Waals surface area contributed by atoms with Gasteiger partial charge in [0, 0.05) is 13.0 Å². The van der Waals surface area contributed by atoms with E-state index in [0.717, 1.165) is 11.1 Å². The summed E-state index contributed by atoms with van der Waals surface area (Å²) in [6.07, 6.45) is 1.47. The zero-order valence-electron chi connectivity index (χ0n) is 16.7. The van der Waals surface area contributed by atoms with E-state index in [1.165, 1.54) is 6.08 Å². The van der Waals surface area contributed by atoms with Crippen LogP contribution in [0.5, 0.6) is 0 Å². The second kappa shape index (κ2) is 12.8. The van der Waals surface area contributed by atoms with Gasteiger partial charge < -0.3 is 20.1 Å². The maximum Gasteiger partial charge on any atom is 0.408 e. The van der Waals surface area contributed by atoms with Crippen molar-refractivity contribution in [1.29, 1.82) is 0 Å². The molecule has 30 heavy (non-hydrogen) atoms. The first-order valence-electron chi connectivity index (χ1n) is 9.64. The van der Waals surface area contributed by atoms with E-state index >= 15 is 0 Å². The predicted octanol–water partition coefficient (Wildman–Crippen LogP) is 2.76. The minimum absolute atomic E-state index is 0.00195. The summed E-state index contributed by atoms with van der Waals surface area (Å²) in [5.74, 6) is -0.922. The van der Waals surface area contributed by atoms with Crippen LogP contribution in [0.2, 0.25) is 0 Å². The van der Waals surface area contributed by atoms with E-state index < -0.39 is 18.1 Å². The second-order valence-corrected chi connectivity index (χ2v) is 6.47. The van der Waals surface area contributed by atoms with Gasteiger partial charge in [-0.1, -0.05) is 73.3 Å². The van der Waals surface area contributed by atoms with E-state index in [-0.39, 0.29) is 32.1 Å². The van der Waals surface area contributed by atoms with Crippen LogP contribution in [-0.2, 0) is 32.1 Å². The Kier molecular flexibility index (Phi) is 9.65. The lowest BCUT2D eigenvalue weighted by atomic mass is 10.1. The van der Waals surface area contributed by atoms with Crippen molar-refractivity contribution < 1.29 is 23.9 Å². The normalized spacial score (nSPS) is 11.1. The van der Waals surface area contributed by atoms with Crippen molar-refractivity contribution in [2.24, 2.45) is 0 Å². The molecule has 0 fully saturated rings. The predicted molar refractivity (Wildman–Crippen MR) is 112 cm³/mol. The van der Waals surface area contributed by atoms with Crippen LogP contribution in [0, 0.1) is 0 Å². The molecule has 2 aromatic rings. The minimum Gasteiger partial charge on any atom is -0.460 e. The number of carbonyl (C=O) groups is 3. The molecule has 0 bridgehead atoms. The number of carbonyl (C=O) groups excluding carboxylic acids is 3. The van der Waals surface area contributed by atoms with Gasteiger partial charge in [-0.3, -0.25) is 4.79 Å². The molecular weight excluding hydrogens is 384 g/mol. The summed E-state index contributed by atoms with van der Waals surface area (Å²) in [6, 6.07) is 17.7. The van der Waals surface area contributed by atoms with Crippen molar-refractivity contribution in [1.82, 2.24) is 10.6 Å². The van der Waals surface area contributed by atoms with Crippen LogP contribution in [0.4, 0.5) is 4.79 Å². The summed E-state index contributed by atoms with van der Waals surface area (Å²) in [7, 11) is 0. The Hall–Kier alpha value is -3.61. The number of amides is 2. The number of benzene rings is 2. The van der Waals surface area contributed by atoms with Crippen molar-refractivity contribution in [3.8, 4) is 0 Å². The molecule has 0 unspecified atom stereocenters. The summed E-state index contributed by atoms with van der Waals surface area (Å²) >= 11 is 0. The molecule has 2 amide bonds. The molecule has 2 N–H and O–H groups in total. The van der Waals surface area contributed by atoms with Gasteiger partial charge in [-0.15, -0.1) is 0 Å². The van der Waals surface area contributed by atoms with E-state index in [2.05, 4.69) is 17.2 Å². The van der Waals surface area contributed by atoms with Crippen molar-refractivity contribution >= 4 is 18.0 Å². The van der Waals surface area contributed by atoms with Gasteiger partial charge in [0.15, 0.2) is 0 Å². The number of alkyl carbamates (subject to hydrolysis) is 1. The van der Waals surface area contributed by atoms with E-state index in [9.17, 15) is 14.4 Å². The zero-order chi connectivity index (χ0) is 21.6. The van der Waals surface area contributed by atoms with Gasteiger partial charge in [0.25, 0.3) is 0 Å². The van der Waals surface area contributed by atoms with Crippen LogP contribution in [-0.4, -0.2) is 37.2 Å². The van der Waals surface area contributed by atoms with E-state index in [0.29, 0.717) is 6.42 Å². The number of rotatable bonds is 11. The molecule has 2 aromatic carbocycles. The molecular formula is C23H26N2O5. The van der Waals surface area contributed by atoms with Gasteiger partial charge in [0.05, 0.1) is 0 Å². The molecule has 0 aliphatic carbocycles. The van der Waals surface area contributed by atoms with Gasteiger partial charge in [-0.05, 0) is 17.5 Å². The Labute approximate surface area is 176 Å². The lowest BCUT2D eigenvalue weighted by Crippen LogP contribution is -2.49. The van der Waals surface area contributed by atoms with Gasteiger partial charge >= 0.3 is 12.1 Å². The SMILES string of the molecule is C=CCOC(=O)[C@H](CNC(=O)CCc1ccccc1)NC(=O)OCc1ccccc1. The molecule has 0 saturated heterocycles. The summed E-state index contributed by atoms with van der Waals surface area (Å²) in [6.45, 7) is 3.44. The maximum absolute atomic E-state index is 12.2. The highest BCUT2D eigenvalue weighted by Crippen LogP contribution is 2.03. The molecule has 1 atom stereocenters. The average Bonchev–Trinajstić information content (AvgIpc) is 2.78. The highest BCUT2D eigenvalue weighted by Gasteiger charge is 2.23. The molecule has 7 nitrogen and oxygen atoms in total. The molecule has 0 aromatic heterocycles. The first-order valence-corrected chi connectivity index (χ1v) is 9.64. The van der Waals surface area contributed by atoms with Gasteiger partial charge in [0.2, 0.25) is 5.91 Å². The Morgan fingerprint density at radius 2 is 1.57 bits per heavy atom. The average molecular weight is 410 g/mol. The Morgan fingerprint density at radius 1 is 0.933 bits per heavy atom. The van der Waals surface area contributed by atoms with Crippen LogP contribution in [0.25, 0.3) is 0 Å². The van der Waals surface area contributed by atoms with Gasteiger partial charge in [-0.2, -0.15) is 0 Å². The lowest BCUT2D eigenvalue weighted by molar-refractivity contribution is -0.144. The summed E-state index contributed by atoms with van der Waals surface area (Å²) in [5.41, 5.74) is 1.85. The van der Waals surface area contributed by atoms with E-state index in [1.54, 1.807) is 0 Å². The quantitative estimate of drug-likeness (QED) is 0.439. The molecule has 2 rings (SSSR count). The monoisotopic (exact) mass is 410 g/mol. The van der Waals surface area contributed by atoms with Crippen LogP contribution in [0.15, 0.2) is 73.3 Å². The fraction of sp³-hybridized carbons (Fsp3) is 0.261. The summed E-state index contributed by atoms with van der Waals surface area (Å²) in [4.78, 5) is 36.4.